The van der Waals surface area contributed by atoms with E-state index in [0.717, 1.165) is 21.5 Å². The maximum absolute atomic E-state index is 12.5. The Bertz CT molecular complexity index is 1080. The SMILES string of the molecule is O=C(NCCN1C(=O)S/C(=C\c2cccs2)C1=O)C1=NN(c2ccccc2)C(=O)CC1. The van der Waals surface area contributed by atoms with Crippen molar-refractivity contribution in [1.82, 2.24) is 10.2 Å². The van der Waals surface area contributed by atoms with Gasteiger partial charge in [-0.2, -0.15) is 5.10 Å². The minimum atomic E-state index is -0.422. The number of nitrogens with zero attached hydrogens (tertiary/aromatic N) is 3. The van der Waals surface area contributed by atoms with Gasteiger partial charge in [0.2, 0.25) is 5.91 Å². The molecule has 4 amide bonds. The van der Waals surface area contributed by atoms with E-state index in [9.17, 15) is 19.2 Å². The predicted molar refractivity (Wildman–Crippen MR) is 121 cm³/mol. The highest BCUT2D eigenvalue weighted by Gasteiger charge is 2.35. The number of nitrogens with one attached hydrogen (secondary N) is 1. The number of hydrogen-bond acceptors (Lipinski definition) is 7. The number of benzene rings is 1. The van der Waals surface area contributed by atoms with Crippen LogP contribution >= 0.6 is 23.1 Å². The van der Waals surface area contributed by atoms with Gasteiger partial charge in [-0.3, -0.25) is 24.1 Å². The van der Waals surface area contributed by atoms with Crippen LogP contribution in [0.15, 0.2) is 57.9 Å². The van der Waals surface area contributed by atoms with Crippen molar-refractivity contribution in [2.45, 2.75) is 12.8 Å². The molecule has 0 radical (unpaired) electrons. The molecule has 1 N–H and O–H groups in total. The molecular weight excluding hydrogens is 436 g/mol. The van der Waals surface area contributed by atoms with Gasteiger partial charge in [-0.25, -0.2) is 5.01 Å². The first-order valence-electron chi connectivity index (χ1n) is 9.55. The Morgan fingerprint density at radius 2 is 1.90 bits per heavy atom. The fourth-order valence-corrected chi connectivity index (χ4v) is 4.65. The lowest BCUT2D eigenvalue weighted by atomic mass is 10.1. The molecule has 1 aromatic heterocycles. The summed E-state index contributed by atoms with van der Waals surface area (Å²) in [7, 11) is 0. The van der Waals surface area contributed by atoms with E-state index in [1.807, 2.05) is 23.6 Å². The number of thiophene rings is 1. The minimum Gasteiger partial charge on any atom is -0.349 e. The second-order valence-corrected chi connectivity index (χ2v) is 8.66. The smallest absolute Gasteiger partial charge is 0.293 e. The van der Waals surface area contributed by atoms with Crippen molar-refractivity contribution in [2.75, 3.05) is 18.1 Å². The highest BCUT2D eigenvalue weighted by Crippen LogP contribution is 2.32. The van der Waals surface area contributed by atoms with Gasteiger partial charge in [0, 0.05) is 30.8 Å². The van der Waals surface area contributed by atoms with Gasteiger partial charge in [-0.1, -0.05) is 24.3 Å². The van der Waals surface area contributed by atoms with E-state index >= 15 is 0 Å². The summed E-state index contributed by atoms with van der Waals surface area (Å²) in [5.41, 5.74) is 0.822. The Morgan fingerprint density at radius 1 is 1.10 bits per heavy atom. The molecule has 1 fully saturated rings. The average molecular weight is 455 g/mol. The quantitative estimate of drug-likeness (QED) is 0.677. The third-order valence-electron chi connectivity index (χ3n) is 4.61. The molecule has 0 saturated carbocycles. The zero-order chi connectivity index (χ0) is 21.8. The van der Waals surface area contributed by atoms with Gasteiger partial charge in [0.25, 0.3) is 17.1 Å². The van der Waals surface area contributed by atoms with Crippen molar-refractivity contribution in [2.24, 2.45) is 5.10 Å². The zero-order valence-electron chi connectivity index (χ0n) is 16.3. The summed E-state index contributed by atoms with van der Waals surface area (Å²) in [5.74, 6) is -0.971. The Kier molecular flexibility index (Phi) is 6.28. The van der Waals surface area contributed by atoms with Gasteiger partial charge in [0.15, 0.2) is 0 Å². The first-order chi connectivity index (χ1) is 15.0. The number of imide groups is 1. The molecule has 158 valence electrons. The predicted octanol–water partition coefficient (Wildman–Crippen LogP) is 3.08. The third kappa shape index (κ3) is 4.75. The van der Waals surface area contributed by atoms with Gasteiger partial charge in [-0.15, -0.1) is 11.3 Å². The van der Waals surface area contributed by atoms with E-state index in [2.05, 4.69) is 10.4 Å². The summed E-state index contributed by atoms with van der Waals surface area (Å²) in [6.45, 7) is 0.161. The van der Waals surface area contributed by atoms with Crippen LogP contribution in [-0.2, 0) is 14.4 Å². The molecule has 2 aliphatic heterocycles. The van der Waals surface area contributed by atoms with E-state index in [4.69, 9.17) is 0 Å². The molecule has 2 aliphatic rings. The van der Waals surface area contributed by atoms with E-state index in [1.54, 1.807) is 30.3 Å². The normalized spacial score (nSPS) is 18.0. The second kappa shape index (κ2) is 9.27. The number of carbonyl (C=O) groups is 4. The highest BCUT2D eigenvalue weighted by molar-refractivity contribution is 8.18. The van der Waals surface area contributed by atoms with Crippen LogP contribution in [0.25, 0.3) is 6.08 Å². The van der Waals surface area contributed by atoms with Gasteiger partial charge >= 0.3 is 0 Å². The fourth-order valence-electron chi connectivity index (χ4n) is 3.07. The summed E-state index contributed by atoms with van der Waals surface area (Å²) < 4.78 is 0. The van der Waals surface area contributed by atoms with Crippen molar-refractivity contribution in [3.63, 3.8) is 0 Å². The van der Waals surface area contributed by atoms with Crippen LogP contribution in [0.3, 0.4) is 0 Å². The molecule has 10 heteroatoms. The van der Waals surface area contributed by atoms with E-state index in [1.165, 1.54) is 16.3 Å². The summed E-state index contributed by atoms with van der Waals surface area (Å²) in [5, 5.41) is 9.64. The molecule has 0 spiro atoms. The molecule has 3 heterocycles. The van der Waals surface area contributed by atoms with Crippen LogP contribution < -0.4 is 10.3 Å². The van der Waals surface area contributed by atoms with Crippen molar-refractivity contribution in [3.8, 4) is 0 Å². The number of anilines is 1. The average Bonchev–Trinajstić information content (AvgIpc) is 3.38. The number of amides is 4. The van der Waals surface area contributed by atoms with Crippen LogP contribution in [0.5, 0.6) is 0 Å². The van der Waals surface area contributed by atoms with Crippen molar-refractivity contribution >= 4 is 63.5 Å². The Balaban J connectivity index is 1.35. The van der Waals surface area contributed by atoms with E-state index in [-0.39, 0.29) is 48.7 Å². The number of hydrazone groups is 1. The lowest BCUT2D eigenvalue weighted by molar-refractivity contribution is -0.123. The van der Waals surface area contributed by atoms with Crippen molar-refractivity contribution < 1.29 is 19.2 Å². The fraction of sp³-hybridized carbons (Fsp3) is 0.190. The van der Waals surface area contributed by atoms with E-state index < -0.39 is 5.91 Å². The molecular formula is C21H18N4O4S2. The molecule has 4 rings (SSSR count). The maximum Gasteiger partial charge on any atom is 0.293 e. The molecule has 0 bridgehead atoms. The number of para-hydroxylation sites is 1. The molecule has 0 aliphatic carbocycles. The summed E-state index contributed by atoms with van der Waals surface area (Å²) in [6.07, 6.45) is 2.11. The lowest BCUT2D eigenvalue weighted by Crippen LogP contribution is -2.42. The molecule has 8 nitrogen and oxygen atoms in total. The number of thioether (sulfide) groups is 1. The number of rotatable bonds is 6. The third-order valence-corrected chi connectivity index (χ3v) is 6.33. The van der Waals surface area contributed by atoms with Crippen molar-refractivity contribution in [1.29, 1.82) is 0 Å². The maximum atomic E-state index is 12.5. The van der Waals surface area contributed by atoms with Crippen LogP contribution in [0, 0.1) is 0 Å². The van der Waals surface area contributed by atoms with Crippen LogP contribution in [0.1, 0.15) is 17.7 Å². The highest BCUT2D eigenvalue weighted by atomic mass is 32.2. The van der Waals surface area contributed by atoms with Gasteiger partial charge in [0.05, 0.1) is 10.6 Å². The van der Waals surface area contributed by atoms with Crippen LogP contribution in [-0.4, -0.2) is 46.7 Å². The van der Waals surface area contributed by atoms with Crippen LogP contribution in [0.2, 0.25) is 0 Å². The number of carbonyl (C=O) groups excluding carboxylic acids is 4. The first-order valence-corrected chi connectivity index (χ1v) is 11.2. The first kappa shape index (κ1) is 21.0. The summed E-state index contributed by atoms with van der Waals surface area (Å²) in [6, 6.07) is 12.6. The Labute approximate surface area is 186 Å². The molecule has 2 aromatic rings. The second-order valence-electron chi connectivity index (χ2n) is 6.69. The molecule has 31 heavy (non-hydrogen) atoms. The monoisotopic (exact) mass is 454 g/mol. The summed E-state index contributed by atoms with van der Waals surface area (Å²) >= 11 is 2.37. The van der Waals surface area contributed by atoms with Gasteiger partial charge < -0.3 is 5.32 Å². The van der Waals surface area contributed by atoms with Crippen LogP contribution in [0.4, 0.5) is 10.5 Å². The van der Waals surface area contributed by atoms with Gasteiger partial charge in [0.1, 0.15) is 5.71 Å². The molecule has 0 atom stereocenters. The Morgan fingerprint density at radius 3 is 2.65 bits per heavy atom. The molecule has 0 unspecified atom stereocenters. The molecule has 1 aromatic carbocycles. The lowest BCUT2D eigenvalue weighted by Gasteiger charge is -2.23. The van der Waals surface area contributed by atoms with Gasteiger partial charge in [-0.05, 0) is 41.4 Å². The standard InChI is InChI=1S/C21H18N4O4S2/c26-18-9-8-16(23-25(18)14-5-2-1-3-6-14)19(27)22-10-11-24-20(28)17(31-21(24)29)13-15-7-4-12-30-15/h1-7,12-13H,8-11H2,(H,22,27)/b17-13-. The van der Waals surface area contributed by atoms with E-state index in [0.29, 0.717) is 10.6 Å². The molecule has 1 saturated heterocycles. The Hall–Kier alpha value is -3.24. The summed E-state index contributed by atoms with van der Waals surface area (Å²) in [4.78, 5) is 51.7. The minimum absolute atomic E-state index is 0.0623. The topological polar surface area (TPSA) is 99.2 Å². The largest absolute Gasteiger partial charge is 0.349 e. The zero-order valence-corrected chi connectivity index (χ0v) is 17.9. The van der Waals surface area contributed by atoms with Crippen molar-refractivity contribution in [3.05, 3.63) is 57.6 Å². The number of hydrogen-bond donors (Lipinski definition) is 1.